The zero-order valence-electron chi connectivity index (χ0n) is 7.93. The Hall–Kier alpha value is -1.56. The van der Waals surface area contributed by atoms with Gasteiger partial charge in [0.25, 0.3) is 5.91 Å². The van der Waals surface area contributed by atoms with Gasteiger partial charge in [-0.25, -0.2) is 5.48 Å². The Morgan fingerprint density at radius 3 is 2.79 bits per heavy atom. The van der Waals surface area contributed by atoms with Crippen molar-refractivity contribution >= 4 is 11.8 Å². The van der Waals surface area contributed by atoms with Crippen molar-refractivity contribution in [3.8, 4) is 0 Å². The molecule has 0 saturated heterocycles. The third-order valence-corrected chi connectivity index (χ3v) is 1.33. The van der Waals surface area contributed by atoms with Crippen LogP contribution in [0.2, 0.25) is 0 Å². The lowest BCUT2D eigenvalue weighted by Crippen LogP contribution is -2.16. The van der Waals surface area contributed by atoms with E-state index in [0.29, 0.717) is 6.61 Å². The Balaban J connectivity index is 3.92. The van der Waals surface area contributed by atoms with E-state index in [1.165, 1.54) is 5.48 Å². The topological polar surface area (TPSA) is 91.2 Å². The number of nitrogens with one attached hydrogen (secondary N) is 1. The van der Waals surface area contributed by atoms with Gasteiger partial charge in [0.2, 0.25) is 5.90 Å². The van der Waals surface area contributed by atoms with Gasteiger partial charge in [-0.15, -0.1) is 0 Å². The molecule has 0 aliphatic rings. The van der Waals surface area contributed by atoms with Gasteiger partial charge in [-0.05, 0) is 11.6 Å². The number of rotatable bonds is 5. The second-order valence-electron chi connectivity index (χ2n) is 2.45. The van der Waals surface area contributed by atoms with Gasteiger partial charge in [0.05, 0.1) is 6.61 Å². The lowest BCUT2D eigenvalue weighted by atomic mass is 10.4. The number of amides is 1. The van der Waals surface area contributed by atoms with Crippen LogP contribution in [0.15, 0.2) is 17.3 Å². The van der Waals surface area contributed by atoms with Gasteiger partial charge in [0, 0.05) is 12.2 Å². The molecule has 0 aliphatic heterocycles. The number of unbranched alkanes of at least 4 members (excludes halogenated alkanes) is 1. The van der Waals surface area contributed by atoms with Crippen molar-refractivity contribution < 1.29 is 19.9 Å². The molecule has 0 aromatic carbocycles. The third-order valence-electron chi connectivity index (χ3n) is 1.33. The fraction of sp³-hybridized carbons (Fsp3) is 0.500. The highest BCUT2D eigenvalue weighted by Gasteiger charge is 1.97. The number of hydrogen-bond donors (Lipinski definition) is 3. The van der Waals surface area contributed by atoms with E-state index in [2.05, 4.69) is 5.16 Å². The van der Waals surface area contributed by atoms with Crippen molar-refractivity contribution in [2.75, 3.05) is 6.61 Å². The summed E-state index contributed by atoms with van der Waals surface area (Å²) in [7, 11) is 0. The summed E-state index contributed by atoms with van der Waals surface area (Å²) in [5, 5.41) is 19.4. The van der Waals surface area contributed by atoms with Crippen LogP contribution < -0.4 is 5.48 Å². The van der Waals surface area contributed by atoms with E-state index < -0.39 is 5.91 Å². The van der Waals surface area contributed by atoms with Gasteiger partial charge >= 0.3 is 0 Å². The third kappa shape index (κ3) is 6.01. The first kappa shape index (κ1) is 12.4. The lowest BCUT2D eigenvalue weighted by Gasteiger charge is -2.01. The highest BCUT2D eigenvalue weighted by atomic mass is 16.5. The van der Waals surface area contributed by atoms with E-state index in [9.17, 15) is 4.79 Å². The number of carbonyl (C=O) groups excluding carboxylic acids is 1. The van der Waals surface area contributed by atoms with E-state index in [1.54, 1.807) is 0 Å². The summed E-state index contributed by atoms with van der Waals surface area (Å²) >= 11 is 0. The molecule has 0 rings (SSSR count). The lowest BCUT2D eigenvalue weighted by molar-refractivity contribution is -0.124. The molecule has 0 atom stereocenters. The van der Waals surface area contributed by atoms with Gasteiger partial charge in [0.1, 0.15) is 0 Å². The van der Waals surface area contributed by atoms with E-state index >= 15 is 0 Å². The average molecular weight is 202 g/mol. The Bertz CT molecular complexity index is 225. The Labute approximate surface area is 81.8 Å². The van der Waals surface area contributed by atoms with Crippen LogP contribution in [0, 0.1) is 0 Å². The molecule has 0 saturated carbocycles. The first-order chi connectivity index (χ1) is 6.74. The van der Waals surface area contributed by atoms with Crippen molar-refractivity contribution in [1.82, 2.24) is 5.48 Å². The summed E-state index contributed by atoms with van der Waals surface area (Å²) in [6.07, 6.45) is 3.93. The summed E-state index contributed by atoms with van der Waals surface area (Å²) in [5.74, 6) is -0.785. The second-order valence-corrected chi connectivity index (χ2v) is 2.45. The Morgan fingerprint density at radius 1 is 1.57 bits per heavy atom. The molecule has 0 aliphatic carbocycles. The molecule has 0 heterocycles. The minimum Gasteiger partial charge on any atom is -0.476 e. The zero-order valence-corrected chi connectivity index (χ0v) is 7.93. The van der Waals surface area contributed by atoms with Crippen LogP contribution >= 0.6 is 0 Å². The number of hydroxylamine groups is 1. The fourth-order valence-electron chi connectivity index (χ4n) is 0.616. The van der Waals surface area contributed by atoms with Crippen molar-refractivity contribution in [1.29, 1.82) is 0 Å². The van der Waals surface area contributed by atoms with E-state index in [0.717, 1.165) is 25.0 Å². The molecule has 80 valence electrons. The van der Waals surface area contributed by atoms with Crippen LogP contribution in [-0.2, 0) is 9.53 Å². The van der Waals surface area contributed by atoms with E-state index in [4.69, 9.17) is 15.2 Å². The second kappa shape index (κ2) is 8.06. The summed E-state index contributed by atoms with van der Waals surface area (Å²) in [5.41, 5.74) is 1.39. The number of hydrogen-bond acceptors (Lipinski definition) is 5. The molecule has 0 unspecified atom stereocenters. The standard InChI is InChI=1S/C8H14N2O4/c1-2-3-6-14-8(10-13)5-4-7(11)9-12/h4-5,12-13H,2-3,6H2,1H3,(H,9,11)/b5-4+,10-8?. The van der Waals surface area contributed by atoms with Gasteiger partial charge in [-0.2, -0.15) is 0 Å². The Kier molecular flexibility index (Phi) is 7.16. The van der Waals surface area contributed by atoms with Crippen LogP contribution in [0.25, 0.3) is 0 Å². The van der Waals surface area contributed by atoms with E-state index in [-0.39, 0.29) is 5.90 Å². The molecular formula is C8H14N2O4. The Morgan fingerprint density at radius 2 is 2.29 bits per heavy atom. The predicted octanol–water partition coefficient (Wildman–Crippen LogP) is 0.652. The van der Waals surface area contributed by atoms with Gasteiger partial charge < -0.3 is 9.94 Å². The molecule has 14 heavy (non-hydrogen) atoms. The number of ether oxygens (including phenoxy) is 1. The van der Waals surface area contributed by atoms with Crippen molar-refractivity contribution in [2.24, 2.45) is 5.16 Å². The van der Waals surface area contributed by atoms with Crippen LogP contribution in [0.5, 0.6) is 0 Å². The molecule has 0 aromatic heterocycles. The van der Waals surface area contributed by atoms with Crippen molar-refractivity contribution in [3.05, 3.63) is 12.2 Å². The predicted molar refractivity (Wildman–Crippen MR) is 49.2 cm³/mol. The number of oxime groups is 1. The van der Waals surface area contributed by atoms with Crippen molar-refractivity contribution in [2.45, 2.75) is 19.8 Å². The van der Waals surface area contributed by atoms with Gasteiger partial charge in [0.15, 0.2) is 0 Å². The molecule has 0 aromatic rings. The molecular weight excluding hydrogens is 188 g/mol. The smallest absolute Gasteiger partial charge is 0.267 e. The first-order valence-electron chi connectivity index (χ1n) is 4.21. The molecule has 1 amide bonds. The minimum absolute atomic E-state index is 0.0675. The summed E-state index contributed by atoms with van der Waals surface area (Å²) in [6.45, 7) is 2.41. The largest absolute Gasteiger partial charge is 0.476 e. The average Bonchev–Trinajstić information content (AvgIpc) is 2.22. The molecule has 0 fully saturated rings. The zero-order chi connectivity index (χ0) is 10.8. The number of nitrogens with zero attached hydrogens (tertiary/aromatic N) is 1. The monoisotopic (exact) mass is 202 g/mol. The molecule has 6 nitrogen and oxygen atoms in total. The van der Waals surface area contributed by atoms with Crippen LogP contribution in [-0.4, -0.2) is 28.8 Å². The highest BCUT2D eigenvalue weighted by Crippen LogP contribution is 1.91. The molecule has 0 spiro atoms. The maximum absolute atomic E-state index is 10.5. The summed E-state index contributed by atoms with van der Waals surface area (Å²) in [6, 6.07) is 0. The minimum atomic E-state index is -0.717. The SMILES string of the molecule is CCCCOC(/C=C/C(=O)NO)=NO. The first-order valence-corrected chi connectivity index (χ1v) is 4.21. The maximum Gasteiger partial charge on any atom is 0.267 e. The normalized spacial score (nSPS) is 11.7. The van der Waals surface area contributed by atoms with Gasteiger partial charge in [-0.1, -0.05) is 13.3 Å². The maximum atomic E-state index is 10.5. The molecule has 0 radical (unpaired) electrons. The number of carbonyl (C=O) groups is 1. The quantitative estimate of drug-likeness (QED) is 0.116. The van der Waals surface area contributed by atoms with Crippen LogP contribution in [0.3, 0.4) is 0 Å². The summed E-state index contributed by atoms with van der Waals surface area (Å²) < 4.78 is 4.98. The van der Waals surface area contributed by atoms with E-state index in [1.807, 2.05) is 6.92 Å². The van der Waals surface area contributed by atoms with Gasteiger partial charge in [-0.3, -0.25) is 10.0 Å². The molecule has 0 bridgehead atoms. The highest BCUT2D eigenvalue weighted by molar-refractivity contribution is 5.96. The molecule has 3 N–H and O–H groups in total. The fourth-order valence-corrected chi connectivity index (χ4v) is 0.616. The summed E-state index contributed by atoms with van der Waals surface area (Å²) in [4.78, 5) is 10.5. The van der Waals surface area contributed by atoms with Crippen LogP contribution in [0.4, 0.5) is 0 Å². The van der Waals surface area contributed by atoms with Crippen molar-refractivity contribution in [3.63, 3.8) is 0 Å². The van der Waals surface area contributed by atoms with Crippen LogP contribution in [0.1, 0.15) is 19.8 Å². The molecule has 6 heteroatoms.